The summed E-state index contributed by atoms with van der Waals surface area (Å²) < 4.78 is 1.72. The normalized spacial score (nSPS) is 11.4. The van der Waals surface area contributed by atoms with Gasteiger partial charge in [0.1, 0.15) is 11.1 Å². The Hall–Kier alpha value is -2.89. The molecule has 0 spiro atoms. The van der Waals surface area contributed by atoms with Gasteiger partial charge in [-0.05, 0) is 40.2 Å². The molecule has 1 heterocycles. The minimum absolute atomic E-state index is 0.00584. The molecule has 0 unspecified atom stereocenters. The van der Waals surface area contributed by atoms with E-state index in [-0.39, 0.29) is 17.2 Å². The number of pyridine rings is 1. The molecule has 1 aromatic heterocycles. The average Bonchev–Trinajstić information content (AvgIpc) is 2.60. The third-order valence-electron chi connectivity index (χ3n) is 4.21. The van der Waals surface area contributed by atoms with Crippen LogP contribution in [-0.4, -0.2) is 33.9 Å². The highest BCUT2D eigenvalue weighted by Crippen LogP contribution is 2.11. The lowest BCUT2D eigenvalue weighted by Gasteiger charge is -2.22. The lowest BCUT2D eigenvalue weighted by molar-refractivity contribution is 0.0782. The van der Waals surface area contributed by atoms with Gasteiger partial charge in [0.2, 0.25) is 5.43 Å². The van der Waals surface area contributed by atoms with E-state index in [9.17, 15) is 14.4 Å². The van der Waals surface area contributed by atoms with Crippen LogP contribution in [0.1, 0.15) is 66.9 Å². The summed E-state index contributed by atoms with van der Waals surface area (Å²) in [6.45, 7) is 9.76. The third-order valence-corrected chi connectivity index (χ3v) is 4.21. The number of rotatable bonds is 5. The zero-order valence-electron chi connectivity index (χ0n) is 17.4. The van der Waals surface area contributed by atoms with E-state index in [4.69, 9.17) is 0 Å². The molecule has 0 fully saturated rings. The van der Waals surface area contributed by atoms with Crippen LogP contribution in [0.15, 0.2) is 47.5 Å². The summed E-state index contributed by atoms with van der Waals surface area (Å²) >= 11 is 0. The van der Waals surface area contributed by atoms with Crippen LogP contribution in [0.2, 0.25) is 0 Å². The third kappa shape index (κ3) is 5.31. The molecule has 2 amide bonds. The average molecular weight is 383 g/mol. The number of carbonyl (C=O) groups is 2. The fourth-order valence-electron chi connectivity index (χ4n) is 2.75. The molecule has 1 aromatic carbocycles. The molecular weight excluding hydrogens is 354 g/mol. The number of hydrogen-bond acceptors (Lipinski definition) is 3. The SMILES string of the molecule is CC(C)n1cc(C(=O)NC(C)(C)C)c(=O)c(C(=O)N(C)Cc2ccccc2)c1. The smallest absolute Gasteiger partial charge is 0.259 e. The summed E-state index contributed by atoms with van der Waals surface area (Å²) in [5.74, 6) is -0.888. The van der Waals surface area contributed by atoms with Crippen molar-refractivity contribution in [3.63, 3.8) is 0 Å². The first kappa shape index (κ1) is 21.4. The van der Waals surface area contributed by atoms with E-state index in [0.29, 0.717) is 6.54 Å². The van der Waals surface area contributed by atoms with Gasteiger partial charge >= 0.3 is 0 Å². The van der Waals surface area contributed by atoms with Crippen molar-refractivity contribution in [2.24, 2.45) is 0 Å². The molecule has 2 rings (SSSR count). The Morgan fingerprint density at radius 1 is 1.07 bits per heavy atom. The second kappa shape index (κ2) is 8.42. The van der Waals surface area contributed by atoms with Crippen molar-refractivity contribution in [1.29, 1.82) is 0 Å². The number of hydrogen-bond donors (Lipinski definition) is 1. The summed E-state index contributed by atoms with van der Waals surface area (Å²) in [5.41, 5.74) is -0.111. The van der Waals surface area contributed by atoms with Gasteiger partial charge in [-0.3, -0.25) is 14.4 Å². The summed E-state index contributed by atoms with van der Waals surface area (Å²) in [5, 5.41) is 2.80. The topological polar surface area (TPSA) is 71.4 Å². The molecule has 0 aliphatic rings. The van der Waals surface area contributed by atoms with Crippen molar-refractivity contribution in [1.82, 2.24) is 14.8 Å². The maximum atomic E-state index is 13.0. The fraction of sp³-hybridized carbons (Fsp3) is 0.409. The van der Waals surface area contributed by atoms with E-state index in [2.05, 4.69) is 5.32 Å². The maximum absolute atomic E-state index is 13.0. The van der Waals surface area contributed by atoms with Crippen molar-refractivity contribution in [3.05, 3.63) is 69.6 Å². The van der Waals surface area contributed by atoms with E-state index < -0.39 is 22.8 Å². The molecule has 0 saturated carbocycles. The van der Waals surface area contributed by atoms with Gasteiger partial charge in [-0.25, -0.2) is 0 Å². The van der Waals surface area contributed by atoms with Gasteiger partial charge in [0, 0.05) is 37.6 Å². The number of amides is 2. The van der Waals surface area contributed by atoms with Crippen LogP contribution in [0.25, 0.3) is 0 Å². The van der Waals surface area contributed by atoms with Gasteiger partial charge in [0.05, 0.1) is 0 Å². The Labute approximate surface area is 166 Å². The predicted molar refractivity (Wildman–Crippen MR) is 111 cm³/mol. The molecule has 28 heavy (non-hydrogen) atoms. The molecule has 6 nitrogen and oxygen atoms in total. The summed E-state index contributed by atoms with van der Waals surface area (Å²) in [6, 6.07) is 9.54. The van der Waals surface area contributed by atoms with Gasteiger partial charge in [0.15, 0.2) is 0 Å². The van der Waals surface area contributed by atoms with E-state index in [1.165, 1.54) is 17.3 Å². The Morgan fingerprint density at radius 3 is 2.18 bits per heavy atom. The Bertz CT molecular complexity index is 909. The minimum atomic E-state index is -0.552. The van der Waals surface area contributed by atoms with Crippen molar-refractivity contribution < 1.29 is 9.59 Å². The lowest BCUT2D eigenvalue weighted by atomic mass is 10.1. The van der Waals surface area contributed by atoms with Crippen LogP contribution in [0.3, 0.4) is 0 Å². The van der Waals surface area contributed by atoms with Crippen LogP contribution in [0, 0.1) is 0 Å². The summed E-state index contributed by atoms with van der Waals surface area (Å²) in [4.78, 5) is 40.1. The van der Waals surface area contributed by atoms with Gasteiger partial charge in [0.25, 0.3) is 11.8 Å². The van der Waals surface area contributed by atoms with Gasteiger partial charge in [-0.2, -0.15) is 0 Å². The zero-order valence-corrected chi connectivity index (χ0v) is 17.4. The summed E-state index contributed by atoms with van der Waals surface area (Å²) in [7, 11) is 1.65. The highest BCUT2D eigenvalue weighted by molar-refractivity contribution is 5.99. The molecule has 1 N–H and O–H groups in total. The monoisotopic (exact) mass is 383 g/mol. The molecule has 150 valence electrons. The van der Waals surface area contributed by atoms with Crippen molar-refractivity contribution in [3.8, 4) is 0 Å². The standard InChI is InChI=1S/C22H29N3O3/c1-15(2)25-13-17(20(27)23-22(3,4)5)19(26)18(14-25)21(28)24(6)12-16-10-8-7-9-11-16/h7-11,13-15H,12H2,1-6H3,(H,23,27). The van der Waals surface area contributed by atoms with Crippen molar-refractivity contribution in [2.75, 3.05) is 7.05 Å². The van der Waals surface area contributed by atoms with Gasteiger partial charge in [-0.15, -0.1) is 0 Å². The fourth-order valence-corrected chi connectivity index (χ4v) is 2.75. The van der Waals surface area contributed by atoms with Crippen LogP contribution in [0.4, 0.5) is 0 Å². The molecule has 0 atom stereocenters. The second-order valence-electron chi connectivity index (χ2n) is 8.31. The molecule has 0 bridgehead atoms. The van der Waals surface area contributed by atoms with E-state index in [1.54, 1.807) is 11.6 Å². The van der Waals surface area contributed by atoms with E-state index in [0.717, 1.165) is 5.56 Å². The van der Waals surface area contributed by atoms with E-state index in [1.807, 2.05) is 65.0 Å². The van der Waals surface area contributed by atoms with Crippen LogP contribution in [-0.2, 0) is 6.54 Å². The highest BCUT2D eigenvalue weighted by Gasteiger charge is 2.24. The molecule has 0 radical (unpaired) electrons. The van der Waals surface area contributed by atoms with Crippen LogP contribution in [0.5, 0.6) is 0 Å². The first-order chi connectivity index (χ1) is 13.0. The lowest BCUT2D eigenvalue weighted by Crippen LogP contribution is -2.43. The van der Waals surface area contributed by atoms with Gasteiger partial charge in [-0.1, -0.05) is 30.3 Å². The largest absolute Gasteiger partial charge is 0.350 e. The molecule has 0 saturated heterocycles. The second-order valence-corrected chi connectivity index (χ2v) is 8.31. The van der Waals surface area contributed by atoms with Crippen LogP contribution < -0.4 is 10.7 Å². The number of nitrogens with one attached hydrogen (secondary N) is 1. The number of aromatic nitrogens is 1. The first-order valence-electron chi connectivity index (χ1n) is 9.37. The Balaban J connectivity index is 2.43. The van der Waals surface area contributed by atoms with Crippen molar-refractivity contribution >= 4 is 11.8 Å². The number of nitrogens with zero attached hydrogens (tertiary/aromatic N) is 2. The quantitative estimate of drug-likeness (QED) is 0.862. The van der Waals surface area contributed by atoms with Gasteiger partial charge < -0.3 is 14.8 Å². The molecule has 2 aromatic rings. The van der Waals surface area contributed by atoms with E-state index >= 15 is 0 Å². The molecular formula is C22H29N3O3. The molecule has 0 aliphatic carbocycles. The number of carbonyl (C=O) groups excluding carboxylic acids is 2. The minimum Gasteiger partial charge on any atom is -0.350 e. The Kier molecular flexibility index (Phi) is 6.44. The van der Waals surface area contributed by atoms with Crippen molar-refractivity contribution in [2.45, 2.75) is 52.7 Å². The Morgan fingerprint density at radius 2 is 1.64 bits per heavy atom. The van der Waals surface area contributed by atoms with Crippen LogP contribution >= 0.6 is 0 Å². The maximum Gasteiger partial charge on any atom is 0.259 e. The molecule has 0 aliphatic heterocycles. The first-order valence-corrected chi connectivity index (χ1v) is 9.37. The zero-order chi connectivity index (χ0) is 21.1. The highest BCUT2D eigenvalue weighted by atomic mass is 16.2. The number of benzene rings is 1. The molecule has 6 heteroatoms. The predicted octanol–water partition coefficient (Wildman–Crippen LogP) is 3.23. The summed E-state index contributed by atoms with van der Waals surface area (Å²) in [6.07, 6.45) is 3.05.